The van der Waals surface area contributed by atoms with Crippen molar-refractivity contribution in [1.82, 2.24) is 5.16 Å². The summed E-state index contributed by atoms with van der Waals surface area (Å²) in [7, 11) is -4.23. The molecule has 112 valence electrons. The first kappa shape index (κ1) is 14.7. The molecule has 0 unspecified atom stereocenters. The first-order valence-corrected chi connectivity index (χ1v) is 7.03. The van der Waals surface area contributed by atoms with Crippen molar-refractivity contribution in [1.29, 1.82) is 0 Å². The molecule has 2 rings (SSSR count). The van der Waals surface area contributed by atoms with Gasteiger partial charge in [0, 0.05) is 6.07 Å². The van der Waals surface area contributed by atoms with Gasteiger partial charge in [0.25, 0.3) is 10.0 Å². The largest absolute Gasteiger partial charge is 0.338 e. The molecular formula is C10H11N5O5S. The first-order valence-electron chi connectivity index (χ1n) is 5.55. The Morgan fingerprint density at radius 1 is 1.43 bits per heavy atom. The Morgan fingerprint density at radius 3 is 2.67 bits per heavy atom. The van der Waals surface area contributed by atoms with Crippen LogP contribution in [0.25, 0.3) is 0 Å². The molecule has 0 saturated carbocycles. The van der Waals surface area contributed by atoms with Crippen LogP contribution < -0.4 is 16.0 Å². The molecule has 10 nitrogen and oxygen atoms in total. The van der Waals surface area contributed by atoms with Gasteiger partial charge >= 0.3 is 5.69 Å². The average molecular weight is 313 g/mol. The number of anilines is 2. The highest BCUT2D eigenvalue weighted by atomic mass is 32.2. The third kappa shape index (κ3) is 2.93. The molecule has 0 aliphatic heterocycles. The average Bonchev–Trinajstić information content (AvgIpc) is 2.82. The molecule has 1 aromatic heterocycles. The van der Waals surface area contributed by atoms with Gasteiger partial charge in [0.15, 0.2) is 4.90 Å². The van der Waals surface area contributed by atoms with Crippen LogP contribution in [0.3, 0.4) is 0 Å². The Hall–Kier alpha value is -2.66. The Kier molecular flexibility index (Phi) is 3.78. The summed E-state index contributed by atoms with van der Waals surface area (Å²) in [6, 6.07) is 5.04. The second-order valence-corrected chi connectivity index (χ2v) is 5.64. The monoisotopic (exact) mass is 313 g/mol. The topological polar surface area (TPSA) is 153 Å². The molecule has 0 atom stereocenters. The maximum absolute atomic E-state index is 12.2. The van der Waals surface area contributed by atoms with Crippen LogP contribution in [0.15, 0.2) is 33.7 Å². The molecule has 0 aliphatic rings. The molecule has 0 saturated heterocycles. The number of aromatic nitrogens is 1. The lowest BCUT2D eigenvalue weighted by Crippen LogP contribution is -2.16. The van der Waals surface area contributed by atoms with Gasteiger partial charge in [0.1, 0.15) is 5.69 Å². The number of rotatable bonds is 5. The summed E-state index contributed by atoms with van der Waals surface area (Å²) >= 11 is 0. The van der Waals surface area contributed by atoms with E-state index in [1.165, 1.54) is 18.2 Å². The Morgan fingerprint density at radius 2 is 2.14 bits per heavy atom. The Bertz CT molecular complexity index is 785. The first-order chi connectivity index (χ1) is 9.85. The van der Waals surface area contributed by atoms with Crippen LogP contribution >= 0.6 is 0 Å². The molecule has 0 radical (unpaired) electrons. The van der Waals surface area contributed by atoms with Crippen molar-refractivity contribution in [3.63, 3.8) is 0 Å². The highest BCUT2D eigenvalue weighted by molar-refractivity contribution is 7.92. The van der Waals surface area contributed by atoms with E-state index in [9.17, 15) is 18.5 Å². The molecule has 11 heteroatoms. The van der Waals surface area contributed by atoms with E-state index in [-0.39, 0.29) is 11.6 Å². The Balaban J connectivity index is 2.52. The lowest BCUT2D eigenvalue weighted by molar-refractivity contribution is -0.386. The van der Waals surface area contributed by atoms with E-state index < -0.39 is 25.5 Å². The Labute approximate surface area is 119 Å². The number of hydrazine groups is 1. The predicted octanol–water partition coefficient (Wildman–Crippen LogP) is 0.978. The number of aryl methyl sites for hydroxylation is 1. The van der Waals surface area contributed by atoms with Crippen LogP contribution in [0.4, 0.5) is 17.3 Å². The standard InChI is InChI=1S/C10H11N5O5S/c1-6-5-9(20-13-6)14-21(18,19)8-4-2-3-7(12-11)10(8)15(16)17/h2-5,12,14H,11H2,1H3. The van der Waals surface area contributed by atoms with Gasteiger partial charge in [-0.25, -0.2) is 13.1 Å². The van der Waals surface area contributed by atoms with E-state index in [2.05, 4.69) is 15.3 Å². The molecule has 0 bridgehead atoms. The minimum Gasteiger partial charge on any atom is -0.338 e. The van der Waals surface area contributed by atoms with E-state index in [0.717, 1.165) is 6.07 Å². The molecule has 0 amide bonds. The van der Waals surface area contributed by atoms with Crippen LogP contribution in [0.2, 0.25) is 0 Å². The fraction of sp³-hybridized carbons (Fsp3) is 0.100. The van der Waals surface area contributed by atoms with Crippen LogP contribution in [0.5, 0.6) is 0 Å². The fourth-order valence-electron chi connectivity index (χ4n) is 1.64. The number of nitrogens with one attached hydrogen (secondary N) is 2. The molecule has 21 heavy (non-hydrogen) atoms. The zero-order valence-electron chi connectivity index (χ0n) is 10.7. The van der Waals surface area contributed by atoms with E-state index >= 15 is 0 Å². The maximum Gasteiger partial charge on any atom is 0.314 e. The van der Waals surface area contributed by atoms with Crippen molar-refractivity contribution < 1.29 is 17.9 Å². The van der Waals surface area contributed by atoms with Crippen molar-refractivity contribution in [2.75, 3.05) is 10.1 Å². The summed E-state index contributed by atoms with van der Waals surface area (Å²) < 4.78 is 31.3. The van der Waals surface area contributed by atoms with Gasteiger partial charge in [-0.05, 0) is 19.1 Å². The summed E-state index contributed by atoms with van der Waals surface area (Å²) in [5, 5.41) is 14.6. The smallest absolute Gasteiger partial charge is 0.314 e. The van der Waals surface area contributed by atoms with Crippen LogP contribution in [-0.4, -0.2) is 18.5 Å². The van der Waals surface area contributed by atoms with Crippen molar-refractivity contribution in [2.45, 2.75) is 11.8 Å². The number of hydrogen-bond donors (Lipinski definition) is 3. The van der Waals surface area contributed by atoms with Gasteiger partial charge in [0.2, 0.25) is 5.88 Å². The second kappa shape index (κ2) is 5.38. The molecule has 0 fully saturated rings. The lowest BCUT2D eigenvalue weighted by Gasteiger charge is -2.08. The van der Waals surface area contributed by atoms with E-state index in [1.807, 2.05) is 0 Å². The number of sulfonamides is 1. The van der Waals surface area contributed by atoms with Crippen molar-refractivity contribution in [3.05, 3.63) is 40.1 Å². The number of benzene rings is 1. The number of para-hydroxylation sites is 1. The summed E-state index contributed by atoms with van der Waals surface area (Å²) in [5.41, 5.74) is 1.75. The zero-order valence-corrected chi connectivity index (χ0v) is 11.5. The quantitative estimate of drug-likeness (QED) is 0.419. The van der Waals surface area contributed by atoms with E-state index in [1.54, 1.807) is 6.92 Å². The third-order valence-corrected chi connectivity index (χ3v) is 3.87. The number of nitrogens with two attached hydrogens (primary N) is 1. The fourth-order valence-corrected chi connectivity index (χ4v) is 2.81. The van der Waals surface area contributed by atoms with Gasteiger partial charge in [-0.1, -0.05) is 11.2 Å². The number of nitrogen functional groups attached to an aromatic ring is 1. The second-order valence-electron chi connectivity index (χ2n) is 3.99. The minimum atomic E-state index is -4.23. The van der Waals surface area contributed by atoms with Crippen molar-refractivity contribution >= 4 is 27.3 Å². The molecule has 1 aromatic carbocycles. The molecule has 2 aromatic rings. The van der Waals surface area contributed by atoms with Crippen LogP contribution in [-0.2, 0) is 10.0 Å². The van der Waals surface area contributed by atoms with Gasteiger partial charge in [0.05, 0.1) is 10.6 Å². The zero-order chi connectivity index (χ0) is 15.6. The third-order valence-electron chi connectivity index (χ3n) is 2.49. The number of nitrogens with zero attached hydrogens (tertiary/aromatic N) is 2. The van der Waals surface area contributed by atoms with Crippen molar-refractivity contribution in [3.8, 4) is 0 Å². The van der Waals surface area contributed by atoms with Crippen LogP contribution in [0.1, 0.15) is 5.69 Å². The highest BCUT2D eigenvalue weighted by Gasteiger charge is 2.29. The summed E-state index contributed by atoms with van der Waals surface area (Å²) in [4.78, 5) is 9.70. The van der Waals surface area contributed by atoms with Gasteiger partial charge in [-0.2, -0.15) is 0 Å². The summed E-state index contributed by atoms with van der Waals surface area (Å²) in [6.45, 7) is 1.60. The minimum absolute atomic E-state index is 0.128. The number of nitro benzene ring substituents is 1. The molecule has 4 N–H and O–H groups in total. The van der Waals surface area contributed by atoms with E-state index in [4.69, 9.17) is 10.4 Å². The van der Waals surface area contributed by atoms with Gasteiger partial charge < -0.3 is 9.95 Å². The highest BCUT2D eigenvalue weighted by Crippen LogP contribution is 2.32. The molecule has 1 heterocycles. The summed E-state index contributed by atoms with van der Waals surface area (Å²) in [5.74, 6) is 5.01. The predicted molar refractivity (Wildman–Crippen MR) is 73.0 cm³/mol. The van der Waals surface area contributed by atoms with Crippen molar-refractivity contribution in [2.24, 2.45) is 5.84 Å². The summed E-state index contributed by atoms with van der Waals surface area (Å²) in [6.07, 6.45) is 0. The normalized spacial score (nSPS) is 11.1. The number of nitro groups is 1. The SMILES string of the molecule is Cc1cc(NS(=O)(=O)c2cccc(NN)c2[N+](=O)[O-])on1. The van der Waals surface area contributed by atoms with Gasteiger partial charge in [-0.15, -0.1) is 0 Å². The van der Waals surface area contributed by atoms with E-state index in [0.29, 0.717) is 5.69 Å². The number of hydrogen-bond acceptors (Lipinski definition) is 8. The van der Waals surface area contributed by atoms with Gasteiger partial charge in [-0.3, -0.25) is 16.0 Å². The molecule has 0 spiro atoms. The van der Waals surface area contributed by atoms with Crippen LogP contribution in [0, 0.1) is 17.0 Å². The molecular weight excluding hydrogens is 302 g/mol. The molecule has 0 aliphatic carbocycles. The lowest BCUT2D eigenvalue weighted by atomic mass is 10.3. The maximum atomic E-state index is 12.2.